The lowest BCUT2D eigenvalue weighted by Crippen LogP contribution is -2.44. The van der Waals surface area contributed by atoms with Gasteiger partial charge < -0.3 is 15.4 Å². The van der Waals surface area contributed by atoms with Crippen molar-refractivity contribution in [1.29, 1.82) is 0 Å². The molecule has 1 aliphatic rings. The number of nitrogens with one attached hydrogen (secondary N) is 2. The van der Waals surface area contributed by atoms with Gasteiger partial charge in [0.2, 0.25) is 0 Å². The molecule has 0 amide bonds. The van der Waals surface area contributed by atoms with E-state index in [-0.39, 0.29) is 11.2 Å². The van der Waals surface area contributed by atoms with Gasteiger partial charge in [-0.05, 0) is 24.6 Å². The van der Waals surface area contributed by atoms with Crippen LogP contribution in [0.5, 0.6) is 0 Å². The zero-order chi connectivity index (χ0) is 18.1. The predicted molar refractivity (Wildman–Crippen MR) is 101 cm³/mol. The van der Waals surface area contributed by atoms with Crippen LogP contribution in [0.4, 0.5) is 4.39 Å². The van der Waals surface area contributed by atoms with E-state index in [0.29, 0.717) is 6.54 Å². The van der Waals surface area contributed by atoms with Gasteiger partial charge in [0.1, 0.15) is 5.82 Å². The first kappa shape index (κ1) is 19.7. The van der Waals surface area contributed by atoms with Gasteiger partial charge in [-0.2, -0.15) is 0 Å². The van der Waals surface area contributed by atoms with Crippen molar-refractivity contribution in [2.75, 3.05) is 52.5 Å². The highest BCUT2D eigenvalue weighted by atomic mass is 19.1. The fourth-order valence-electron chi connectivity index (χ4n) is 2.78. The molecule has 0 aromatic heterocycles. The van der Waals surface area contributed by atoms with E-state index in [4.69, 9.17) is 9.73 Å². The number of halogens is 1. The van der Waals surface area contributed by atoms with Crippen molar-refractivity contribution >= 4 is 5.96 Å². The van der Waals surface area contributed by atoms with E-state index in [9.17, 15) is 4.39 Å². The van der Waals surface area contributed by atoms with E-state index in [2.05, 4.69) is 36.3 Å². The Morgan fingerprint density at radius 3 is 2.72 bits per heavy atom. The Balaban J connectivity index is 1.89. The topological polar surface area (TPSA) is 48.9 Å². The second-order valence-corrected chi connectivity index (χ2v) is 6.97. The third-order valence-electron chi connectivity index (χ3n) is 4.41. The summed E-state index contributed by atoms with van der Waals surface area (Å²) in [6, 6.07) is 6.77. The number of guanidine groups is 1. The normalized spacial score (nSPS) is 16.7. The second kappa shape index (κ2) is 9.73. The molecule has 0 aliphatic carbocycles. The molecule has 1 aliphatic heterocycles. The van der Waals surface area contributed by atoms with Gasteiger partial charge in [0, 0.05) is 38.1 Å². The maximum Gasteiger partial charge on any atom is 0.191 e. The first-order valence-electron chi connectivity index (χ1n) is 9.09. The van der Waals surface area contributed by atoms with Gasteiger partial charge in [-0.25, -0.2) is 4.39 Å². The van der Waals surface area contributed by atoms with Crippen LogP contribution in [0.2, 0.25) is 0 Å². The Kier molecular flexibility index (Phi) is 7.65. The smallest absolute Gasteiger partial charge is 0.191 e. The molecule has 2 N–H and O–H groups in total. The summed E-state index contributed by atoms with van der Waals surface area (Å²) in [5, 5.41) is 6.66. The van der Waals surface area contributed by atoms with E-state index in [1.165, 1.54) is 6.07 Å². The Hall–Kier alpha value is -1.66. The zero-order valence-electron chi connectivity index (χ0n) is 15.6. The number of aliphatic imine (C=N–C) groups is 1. The monoisotopic (exact) mass is 350 g/mol. The van der Waals surface area contributed by atoms with E-state index in [0.717, 1.165) is 57.5 Å². The summed E-state index contributed by atoms with van der Waals surface area (Å²) < 4.78 is 18.9. The van der Waals surface area contributed by atoms with Crippen LogP contribution >= 0.6 is 0 Å². The van der Waals surface area contributed by atoms with E-state index in [1.54, 1.807) is 12.1 Å². The molecule has 0 atom stereocenters. The Bertz CT molecular complexity index is 556. The second-order valence-electron chi connectivity index (χ2n) is 6.97. The van der Waals surface area contributed by atoms with Crippen LogP contribution in [-0.2, 0) is 10.2 Å². The quantitative estimate of drug-likeness (QED) is 0.583. The van der Waals surface area contributed by atoms with Crippen LogP contribution in [-0.4, -0.2) is 63.3 Å². The van der Waals surface area contributed by atoms with E-state index in [1.807, 2.05) is 6.07 Å². The average Bonchev–Trinajstić information content (AvgIpc) is 2.61. The third kappa shape index (κ3) is 6.63. The number of benzene rings is 1. The highest BCUT2D eigenvalue weighted by molar-refractivity contribution is 5.79. The van der Waals surface area contributed by atoms with Gasteiger partial charge >= 0.3 is 0 Å². The van der Waals surface area contributed by atoms with Crippen LogP contribution < -0.4 is 10.6 Å². The maximum absolute atomic E-state index is 13.5. The molecular formula is C19H31FN4O. The van der Waals surface area contributed by atoms with Crippen LogP contribution in [0, 0.1) is 5.82 Å². The van der Waals surface area contributed by atoms with Crippen molar-refractivity contribution in [3.63, 3.8) is 0 Å². The average molecular weight is 350 g/mol. The van der Waals surface area contributed by atoms with Crippen molar-refractivity contribution < 1.29 is 9.13 Å². The van der Waals surface area contributed by atoms with Crippen molar-refractivity contribution in [2.24, 2.45) is 4.99 Å². The molecule has 140 valence electrons. The number of hydrogen-bond donors (Lipinski definition) is 2. The van der Waals surface area contributed by atoms with Crippen LogP contribution in [0.3, 0.4) is 0 Å². The molecule has 2 rings (SSSR count). The fraction of sp³-hybridized carbons (Fsp3) is 0.632. The summed E-state index contributed by atoms with van der Waals surface area (Å²) >= 11 is 0. The Labute approximate surface area is 150 Å². The first-order valence-corrected chi connectivity index (χ1v) is 9.09. The van der Waals surface area contributed by atoms with E-state index >= 15 is 0 Å². The number of nitrogens with zero attached hydrogens (tertiary/aromatic N) is 2. The lowest BCUT2D eigenvalue weighted by atomic mass is 9.85. The summed E-state index contributed by atoms with van der Waals surface area (Å²) in [4.78, 5) is 7.09. The van der Waals surface area contributed by atoms with Crippen LogP contribution in [0.15, 0.2) is 29.3 Å². The van der Waals surface area contributed by atoms with Gasteiger partial charge in [0.15, 0.2) is 5.96 Å². The Morgan fingerprint density at radius 2 is 2.04 bits per heavy atom. The Morgan fingerprint density at radius 1 is 1.28 bits per heavy atom. The van der Waals surface area contributed by atoms with Gasteiger partial charge in [0.25, 0.3) is 0 Å². The van der Waals surface area contributed by atoms with Crippen molar-refractivity contribution in [1.82, 2.24) is 15.5 Å². The molecule has 0 saturated carbocycles. The molecule has 6 heteroatoms. The number of ether oxygens (including phenoxy) is 1. The number of rotatable bonds is 7. The molecule has 1 heterocycles. The van der Waals surface area contributed by atoms with Gasteiger partial charge in [0.05, 0.1) is 19.8 Å². The SMILES string of the molecule is CCNC(=NCC(C)(C)c1cccc(F)c1)NCCN1CCOCC1. The molecular weight excluding hydrogens is 319 g/mol. The summed E-state index contributed by atoms with van der Waals surface area (Å²) in [5.74, 6) is 0.602. The molecule has 0 radical (unpaired) electrons. The lowest BCUT2D eigenvalue weighted by Gasteiger charge is -2.27. The van der Waals surface area contributed by atoms with Gasteiger partial charge in [-0.3, -0.25) is 9.89 Å². The summed E-state index contributed by atoms with van der Waals surface area (Å²) in [7, 11) is 0. The summed E-state index contributed by atoms with van der Waals surface area (Å²) in [6.07, 6.45) is 0. The number of hydrogen-bond acceptors (Lipinski definition) is 3. The summed E-state index contributed by atoms with van der Waals surface area (Å²) in [5.41, 5.74) is 0.731. The molecule has 1 saturated heterocycles. The molecule has 0 bridgehead atoms. The molecule has 1 aromatic rings. The van der Waals surface area contributed by atoms with Gasteiger partial charge in [-0.1, -0.05) is 26.0 Å². The molecule has 25 heavy (non-hydrogen) atoms. The highest BCUT2D eigenvalue weighted by Gasteiger charge is 2.21. The van der Waals surface area contributed by atoms with Crippen molar-refractivity contribution in [2.45, 2.75) is 26.2 Å². The minimum atomic E-state index is -0.228. The van der Waals surface area contributed by atoms with E-state index < -0.39 is 0 Å². The molecule has 1 aromatic carbocycles. The van der Waals surface area contributed by atoms with Crippen molar-refractivity contribution in [3.05, 3.63) is 35.6 Å². The molecule has 5 nitrogen and oxygen atoms in total. The van der Waals surface area contributed by atoms with Crippen LogP contribution in [0.25, 0.3) is 0 Å². The standard InChI is InChI=1S/C19H31FN4O/c1-4-21-18(22-8-9-24-10-12-25-13-11-24)23-15-19(2,3)16-6-5-7-17(20)14-16/h5-7,14H,4,8-13,15H2,1-3H3,(H2,21,22,23). The van der Waals surface area contributed by atoms with Gasteiger partial charge in [-0.15, -0.1) is 0 Å². The minimum Gasteiger partial charge on any atom is -0.379 e. The van der Waals surface area contributed by atoms with Crippen LogP contribution in [0.1, 0.15) is 26.3 Å². The first-order chi connectivity index (χ1) is 12.0. The third-order valence-corrected chi connectivity index (χ3v) is 4.41. The van der Waals surface area contributed by atoms with Crippen molar-refractivity contribution in [3.8, 4) is 0 Å². The minimum absolute atomic E-state index is 0.204. The molecule has 0 unspecified atom stereocenters. The fourth-order valence-corrected chi connectivity index (χ4v) is 2.78. The number of morpholine rings is 1. The zero-order valence-corrected chi connectivity index (χ0v) is 15.6. The molecule has 1 fully saturated rings. The highest BCUT2D eigenvalue weighted by Crippen LogP contribution is 2.24. The predicted octanol–water partition coefficient (Wildman–Crippen LogP) is 1.99. The lowest BCUT2D eigenvalue weighted by molar-refractivity contribution is 0.0389. The maximum atomic E-state index is 13.5. The largest absolute Gasteiger partial charge is 0.379 e. The summed E-state index contributed by atoms with van der Waals surface area (Å²) in [6.45, 7) is 13.0. The molecule has 0 spiro atoms.